The molecule has 0 aromatic heterocycles. The number of β-amino-alcohol motifs (C(OH)–C–C–N with tert-alkyl or cyclic N) is 1. The minimum atomic E-state index is -1.42. The zero-order chi connectivity index (χ0) is 28.8. The third-order valence-corrected chi connectivity index (χ3v) is 8.77. The van der Waals surface area contributed by atoms with Crippen LogP contribution in [0.2, 0.25) is 0 Å². The summed E-state index contributed by atoms with van der Waals surface area (Å²) in [5.74, 6) is -3.63. The number of carbonyl (C=O) groups is 4. The van der Waals surface area contributed by atoms with Crippen LogP contribution in [0.15, 0.2) is 40.9 Å². The summed E-state index contributed by atoms with van der Waals surface area (Å²) in [5, 5.41) is 12.7. The van der Waals surface area contributed by atoms with Crippen molar-refractivity contribution in [3.05, 3.63) is 52.0 Å². The molecule has 214 valence electrons. The number of aliphatic hydroxyl groups is 1. The third kappa shape index (κ3) is 4.77. The smallest absolute Gasteiger partial charge is 0.313 e. The van der Waals surface area contributed by atoms with E-state index in [0.717, 1.165) is 11.1 Å². The van der Waals surface area contributed by atoms with E-state index in [1.54, 1.807) is 17.9 Å². The summed E-state index contributed by atoms with van der Waals surface area (Å²) < 4.78 is 12.7. The highest BCUT2D eigenvalue weighted by Crippen LogP contribution is 2.59. The summed E-state index contributed by atoms with van der Waals surface area (Å²) >= 11 is 3.52. The average molecular weight is 617 g/mol. The van der Waals surface area contributed by atoms with E-state index in [9.17, 15) is 24.3 Å². The summed E-state index contributed by atoms with van der Waals surface area (Å²) in [7, 11) is 0. The number of anilines is 1. The first-order valence-corrected chi connectivity index (χ1v) is 14.4. The van der Waals surface area contributed by atoms with Crippen molar-refractivity contribution >= 4 is 45.3 Å². The molecule has 5 bridgehead atoms. The highest BCUT2D eigenvalue weighted by atomic mass is 79.9. The maximum atomic E-state index is 14.6. The standard InChI is InChI=1S/C29H34BrN3O7/c1-16-8-9-17(2)20(13-16)32-10-6-4-5-7-21(35)31-15-18(3)39-28(38)22-23-26(36)33(11-12-34)25(27(32)37)29(23)14-19(30)24(22)40-29/h4,6,8-9,13-14,18,22-25,34H,5,7,10-12,15H2,1-3H3,(H,31,35)/b6-4-/t18-,22+,23-,24+,25+,29-/m1/s1. The zero-order valence-electron chi connectivity index (χ0n) is 22.8. The molecule has 10 nitrogen and oxygen atoms in total. The number of hydrogen-bond acceptors (Lipinski definition) is 7. The van der Waals surface area contributed by atoms with Crippen molar-refractivity contribution in [3.63, 3.8) is 0 Å². The molecular formula is C29H34BrN3O7. The van der Waals surface area contributed by atoms with E-state index in [-0.39, 0.29) is 44.5 Å². The molecule has 40 heavy (non-hydrogen) atoms. The van der Waals surface area contributed by atoms with Gasteiger partial charge in [0.25, 0.3) is 5.91 Å². The number of likely N-dealkylation sites (tertiary alicyclic amines) is 1. The number of esters is 1. The fourth-order valence-electron chi connectivity index (χ4n) is 6.26. The maximum absolute atomic E-state index is 14.6. The van der Waals surface area contributed by atoms with Gasteiger partial charge in [0.1, 0.15) is 29.8 Å². The first-order valence-electron chi connectivity index (χ1n) is 13.6. The van der Waals surface area contributed by atoms with Crippen LogP contribution < -0.4 is 10.2 Å². The van der Waals surface area contributed by atoms with Crippen LogP contribution in [0.25, 0.3) is 0 Å². The molecule has 0 saturated carbocycles. The number of ether oxygens (including phenoxy) is 2. The Morgan fingerprint density at radius 2 is 1.93 bits per heavy atom. The van der Waals surface area contributed by atoms with E-state index in [4.69, 9.17) is 9.47 Å². The second-order valence-electron chi connectivity index (χ2n) is 10.9. The quantitative estimate of drug-likeness (QED) is 0.393. The SMILES string of the molecule is Cc1ccc(C)c(N2C/C=C\CCC(=O)NC[C@@H](C)OC(=O)[C@@H]3[C@H]4O[C@@]5(C=C4Br)[C@H](C2=O)N(CCO)C(=O)[C@@H]35)c1. The van der Waals surface area contributed by atoms with Gasteiger partial charge in [-0.05, 0) is 50.5 Å². The van der Waals surface area contributed by atoms with Crippen LogP contribution in [0.1, 0.15) is 30.9 Å². The van der Waals surface area contributed by atoms with Gasteiger partial charge < -0.3 is 29.7 Å². The van der Waals surface area contributed by atoms with Crippen LogP contribution >= 0.6 is 15.9 Å². The van der Waals surface area contributed by atoms with Crippen LogP contribution in [0.5, 0.6) is 0 Å². The Balaban J connectivity index is 1.63. The number of allylic oxidation sites excluding steroid dienone is 1. The van der Waals surface area contributed by atoms with E-state index in [1.165, 1.54) is 4.90 Å². The highest BCUT2D eigenvalue weighted by Gasteiger charge is 2.75. The number of fused-ring (bicyclic) bond motifs is 2. The van der Waals surface area contributed by atoms with E-state index < -0.39 is 47.6 Å². The van der Waals surface area contributed by atoms with Crippen molar-refractivity contribution in [2.75, 3.05) is 31.1 Å². The van der Waals surface area contributed by atoms with E-state index >= 15 is 0 Å². The molecular weight excluding hydrogens is 582 g/mol. The maximum Gasteiger partial charge on any atom is 0.313 e. The Bertz CT molecular complexity index is 1300. The van der Waals surface area contributed by atoms with Crippen molar-refractivity contribution in [2.24, 2.45) is 11.8 Å². The number of nitrogens with zero attached hydrogens (tertiary/aromatic N) is 2. The minimum Gasteiger partial charge on any atom is -0.460 e. The molecule has 4 aliphatic heterocycles. The van der Waals surface area contributed by atoms with Crippen molar-refractivity contribution < 1.29 is 33.8 Å². The van der Waals surface area contributed by atoms with Gasteiger partial charge in [-0.25, -0.2) is 0 Å². The van der Waals surface area contributed by atoms with Gasteiger partial charge in [0.15, 0.2) is 0 Å². The van der Waals surface area contributed by atoms with Crippen LogP contribution in [0.4, 0.5) is 5.69 Å². The molecule has 1 aromatic rings. The van der Waals surface area contributed by atoms with Gasteiger partial charge >= 0.3 is 5.97 Å². The summed E-state index contributed by atoms with van der Waals surface area (Å²) in [6, 6.07) is 4.70. The predicted octanol–water partition coefficient (Wildman–Crippen LogP) is 1.90. The highest BCUT2D eigenvalue weighted by molar-refractivity contribution is 9.11. The van der Waals surface area contributed by atoms with Gasteiger partial charge in [0, 0.05) is 29.7 Å². The van der Waals surface area contributed by atoms with Crippen LogP contribution in [0.3, 0.4) is 0 Å². The fourth-order valence-corrected chi connectivity index (χ4v) is 6.99. The molecule has 3 amide bonds. The topological polar surface area (TPSA) is 125 Å². The largest absolute Gasteiger partial charge is 0.460 e. The lowest BCUT2D eigenvalue weighted by molar-refractivity contribution is -0.158. The number of halogens is 1. The first kappa shape index (κ1) is 28.5. The number of hydrogen-bond donors (Lipinski definition) is 2. The van der Waals surface area contributed by atoms with Gasteiger partial charge in [0.05, 0.1) is 19.1 Å². The molecule has 1 spiro atoms. The summed E-state index contributed by atoms with van der Waals surface area (Å²) in [6.07, 6.45) is 4.70. The van der Waals surface area contributed by atoms with Crippen molar-refractivity contribution in [2.45, 2.75) is 57.5 Å². The van der Waals surface area contributed by atoms with Crippen LogP contribution in [-0.2, 0) is 28.7 Å². The number of benzene rings is 1. The molecule has 11 heteroatoms. The molecule has 5 rings (SSSR count). The molecule has 2 fully saturated rings. The lowest BCUT2D eigenvalue weighted by Gasteiger charge is -2.36. The minimum absolute atomic E-state index is 0.0896. The Hall–Kier alpha value is -3.02. The normalized spacial score (nSPS) is 33.5. The van der Waals surface area contributed by atoms with Crippen molar-refractivity contribution in [1.82, 2.24) is 10.2 Å². The van der Waals surface area contributed by atoms with Gasteiger partial charge in [-0.2, -0.15) is 0 Å². The lowest BCUT2D eigenvalue weighted by Crippen LogP contribution is -2.56. The molecule has 0 radical (unpaired) electrons. The number of cyclic esters (lactones) is 1. The number of aliphatic hydroxyl groups excluding tert-OH is 1. The molecule has 2 N–H and O–H groups in total. The van der Waals surface area contributed by atoms with Crippen molar-refractivity contribution in [3.8, 4) is 0 Å². The third-order valence-electron chi connectivity index (χ3n) is 8.09. The number of carbonyl (C=O) groups excluding carboxylic acids is 4. The van der Waals surface area contributed by atoms with Gasteiger partial charge in [-0.15, -0.1) is 0 Å². The molecule has 4 heterocycles. The zero-order valence-corrected chi connectivity index (χ0v) is 24.3. The Morgan fingerprint density at radius 1 is 1.15 bits per heavy atom. The first-order chi connectivity index (χ1) is 19.1. The Morgan fingerprint density at radius 3 is 2.67 bits per heavy atom. The van der Waals surface area contributed by atoms with E-state index in [1.807, 2.05) is 44.2 Å². The second kappa shape index (κ2) is 11.1. The molecule has 6 atom stereocenters. The summed E-state index contributed by atoms with van der Waals surface area (Å²) in [6.45, 7) is 5.39. The molecule has 2 saturated heterocycles. The van der Waals surface area contributed by atoms with Gasteiger partial charge in [-0.3, -0.25) is 19.2 Å². The monoisotopic (exact) mass is 615 g/mol. The number of nitrogens with one attached hydrogen (secondary N) is 1. The Kier molecular flexibility index (Phi) is 7.91. The van der Waals surface area contributed by atoms with Gasteiger partial charge in [0.2, 0.25) is 11.8 Å². The molecule has 1 aromatic carbocycles. The van der Waals surface area contributed by atoms with Crippen LogP contribution in [0, 0.1) is 25.7 Å². The summed E-state index contributed by atoms with van der Waals surface area (Å²) in [5.41, 5.74) is 1.10. The molecule has 4 aliphatic rings. The van der Waals surface area contributed by atoms with Gasteiger partial charge in [-0.1, -0.05) is 40.2 Å². The lowest BCUT2D eigenvalue weighted by atomic mass is 9.74. The molecule has 0 unspecified atom stereocenters. The summed E-state index contributed by atoms with van der Waals surface area (Å²) in [4.78, 5) is 57.4. The predicted molar refractivity (Wildman–Crippen MR) is 149 cm³/mol. The van der Waals surface area contributed by atoms with E-state index in [2.05, 4.69) is 21.2 Å². The van der Waals surface area contributed by atoms with Crippen LogP contribution in [-0.4, -0.2) is 83.8 Å². The number of aryl methyl sites for hydroxylation is 2. The number of rotatable bonds is 3. The molecule has 0 aliphatic carbocycles. The average Bonchev–Trinajstić information content (AvgIpc) is 3.49. The van der Waals surface area contributed by atoms with Crippen molar-refractivity contribution in [1.29, 1.82) is 0 Å². The second-order valence-corrected chi connectivity index (χ2v) is 11.8. The number of amides is 3. The van der Waals surface area contributed by atoms with E-state index in [0.29, 0.717) is 16.6 Å². The Labute approximate surface area is 241 Å². The fraction of sp³-hybridized carbons (Fsp3) is 0.517.